The summed E-state index contributed by atoms with van der Waals surface area (Å²) >= 11 is 0. The molecule has 2 aromatic carbocycles. The number of phenolic OH excluding ortho intramolecular Hbond substituents is 2. The molecule has 2 amide bonds. The molecule has 0 fully saturated rings. The molecule has 0 saturated carbocycles. The van der Waals surface area contributed by atoms with Gasteiger partial charge >= 0.3 is 11.8 Å². The Balaban J connectivity index is 1.93. The zero-order chi connectivity index (χ0) is 19.1. The maximum atomic E-state index is 11.8. The van der Waals surface area contributed by atoms with E-state index < -0.39 is 11.8 Å². The number of carbonyl (C=O) groups excluding carboxylic acids is 2. The molecular formula is C18H18N4O4. The average Bonchev–Trinajstić information content (AvgIpc) is 2.64. The van der Waals surface area contributed by atoms with E-state index >= 15 is 0 Å². The van der Waals surface area contributed by atoms with Crippen molar-refractivity contribution in [3.05, 3.63) is 59.7 Å². The van der Waals surface area contributed by atoms with Gasteiger partial charge in [-0.1, -0.05) is 0 Å². The van der Waals surface area contributed by atoms with E-state index in [-0.39, 0.29) is 11.5 Å². The largest absolute Gasteiger partial charge is 0.508 e. The Morgan fingerprint density at radius 3 is 1.31 bits per heavy atom. The fraction of sp³-hybridized carbons (Fsp3) is 0.111. The predicted molar refractivity (Wildman–Crippen MR) is 96.9 cm³/mol. The van der Waals surface area contributed by atoms with Crippen molar-refractivity contribution in [1.29, 1.82) is 0 Å². The molecular weight excluding hydrogens is 336 g/mol. The normalized spacial score (nSPS) is 11.8. The molecule has 0 radical (unpaired) electrons. The van der Waals surface area contributed by atoms with Crippen molar-refractivity contribution in [1.82, 2.24) is 10.9 Å². The smallest absolute Gasteiger partial charge is 0.331 e. The van der Waals surface area contributed by atoms with Crippen molar-refractivity contribution in [2.24, 2.45) is 10.2 Å². The van der Waals surface area contributed by atoms with Gasteiger partial charge in [0, 0.05) is 0 Å². The molecule has 26 heavy (non-hydrogen) atoms. The summed E-state index contributed by atoms with van der Waals surface area (Å²) in [6.07, 6.45) is 0. The molecule has 0 aliphatic carbocycles. The minimum absolute atomic E-state index is 0.117. The summed E-state index contributed by atoms with van der Waals surface area (Å²) in [6, 6.07) is 12.5. The Morgan fingerprint density at radius 2 is 1.00 bits per heavy atom. The number of amides is 2. The lowest BCUT2D eigenvalue weighted by Crippen LogP contribution is -2.36. The molecule has 0 saturated heterocycles. The number of benzene rings is 2. The third kappa shape index (κ3) is 5.17. The number of nitrogens with one attached hydrogen (secondary N) is 2. The zero-order valence-electron chi connectivity index (χ0n) is 14.2. The summed E-state index contributed by atoms with van der Waals surface area (Å²) in [6.45, 7) is 3.30. The highest BCUT2D eigenvalue weighted by atomic mass is 16.3. The summed E-state index contributed by atoms with van der Waals surface area (Å²) in [5.74, 6) is -1.70. The topological polar surface area (TPSA) is 123 Å². The van der Waals surface area contributed by atoms with E-state index in [2.05, 4.69) is 21.1 Å². The number of hydrogen-bond donors (Lipinski definition) is 4. The Morgan fingerprint density at radius 1 is 0.692 bits per heavy atom. The lowest BCUT2D eigenvalue weighted by atomic mass is 10.1. The standard InChI is InChI=1S/C18H18N4O4/c1-11(13-3-7-15(23)8-4-13)19-21-17(25)18(26)22-20-12(2)14-5-9-16(24)10-6-14/h3-10,23-24H,1-2H3,(H,21,25)(H,22,26)/b19-11-,20-12-. The van der Waals surface area contributed by atoms with Gasteiger partial charge in [-0.25, -0.2) is 10.9 Å². The molecule has 0 aromatic heterocycles. The highest BCUT2D eigenvalue weighted by Gasteiger charge is 2.12. The van der Waals surface area contributed by atoms with Crippen molar-refractivity contribution < 1.29 is 19.8 Å². The molecule has 2 aromatic rings. The minimum Gasteiger partial charge on any atom is -0.508 e. The molecule has 8 heteroatoms. The van der Waals surface area contributed by atoms with E-state index in [4.69, 9.17) is 0 Å². The van der Waals surface area contributed by atoms with Gasteiger partial charge in [-0.05, 0) is 73.5 Å². The predicted octanol–water partition coefficient (Wildman–Crippen LogP) is 1.48. The third-order valence-electron chi connectivity index (χ3n) is 3.43. The quantitative estimate of drug-likeness (QED) is 0.377. The molecule has 0 aliphatic heterocycles. The van der Waals surface area contributed by atoms with Crippen molar-refractivity contribution in [3.8, 4) is 11.5 Å². The van der Waals surface area contributed by atoms with Crippen LogP contribution in [0.2, 0.25) is 0 Å². The molecule has 0 spiro atoms. The Hall–Kier alpha value is -3.68. The SMILES string of the molecule is C/C(=N/NC(=O)C(=O)N/N=C(/C)c1ccc(O)cc1)c1ccc(O)cc1. The van der Waals surface area contributed by atoms with Crippen LogP contribution in [-0.4, -0.2) is 33.5 Å². The number of aromatic hydroxyl groups is 2. The van der Waals surface area contributed by atoms with Crippen molar-refractivity contribution >= 4 is 23.2 Å². The molecule has 134 valence electrons. The van der Waals surface area contributed by atoms with Gasteiger partial charge in [-0.2, -0.15) is 10.2 Å². The monoisotopic (exact) mass is 354 g/mol. The number of phenols is 2. The number of rotatable bonds is 4. The van der Waals surface area contributed by atoms with Crippen LogP contribution in [0.4, 0.5) is 0 Å². The third-order valence-corrected chi connectivity index (χ3v) is 3.43. The van der Waals surface area contributed by atoms with Gasteiger partial charge in [-0.15, -0.1) is 0 Å². The van der Waals surface area contributed by atoms with Gasteiger partial charge in [0.15, 0.2) is 0 Å². The fourth-order valence-electron chi connectivity index (χ4n) is 1.91. The first kappa shape index (κ1) is 18.7. The van der Waals surface area contributed by atoms with Crippen molar-refractivity contribution in [3.63, 3.8) is 0 Å². The second kappa shape index (κ2) is 8.43. The average molecular weight is 354 g/mol. The summed E-state index contributed by atoms with van der Waals surface area (Å²) in [5.41, 5.74) is 6.58. The van der Waals surface area contributed by atoms with Gasteiger partial charge in [-0.3, -0.25) is 9.59 Å². The van der Waals surface area contributed by atoms with E-state index in [0.717, 1.165) is 0 Å². The lowest BCUT2D eigenvalue weighted by Gasteiger charge is -2.04. The molecule has 0 bridgehead atoms. The second-order valence-corrected chi connectivity index (χ2v) is 5.37. The molecule has 0 atom stereocenters. The first-order valence-electron chi connectivity index (χ1n) is 7.64. The highest BCUT2D eigenvalue weighted by molar-refractivity contribution is 6.35. The Kier molecular flexibility index (Phi) is 6.05. The van der Waals surface area contributed by atoms with Gasteiger partial charge in [0.25, 0.3) is 0 Å². The van der Waals surface area contributed by atoms with Crippen LogP contribution in [0.25, 0.3) is 0 Å². The lowest BCUT2D eigenvalue weighted by molar-refractivity contribution is -0.139. The van der Waals surface area contributed by atoms with E-state index in [1.54, 1.807) is 38.1 Å². The summed E-state index contributed by atoms with van der Waals surface area (Å²) in [5, 5.41) is 26.2. The molecule has 2 rings (SSSR count). The van der Waals surface area contributed by atoms with Crippen LogP contribution >= 0.6 is 0 Å². The molecule has 8 nitrogen and oxygen atoms in total. The summed E-state index contributed by atoms with van der Waals surface area (Å²) in [7, 11) is 0. The van der Waals surface area contributed by atoms with E-state index in [1.165, 1.54) is 24.3 Å². The maximum Gasteiger partial charge on any atom is 0.331 e. The van der Waals surface area contributed by atoms with Crippen LogP contribution in [0.1, 0.15) is 25.0 Å². The molecule has 0 aliphatic rings. The molecule has 0 heterocycles. The number of hydrogen-bond acceptors (Lipinski definition) is 6. The van der Waals surface area contributed by atoms with Crippen molar-refractivity contribution in [2.75, 3.05) is 0 Å². The number of nitrogens with zero attached hydrogens (tertiary/aromatic N) is 2. The van der Waals surface area contributed by atoms with E-state index in [9.17, 15) is 19.8 Å². The van der Waals surface area contributed by atoms with Crippen LogP contribution in [-0.2, 0) is 9.59 Å². The summed E-state index contributed by atoms with van der Waals surface area (Å²) < 4.78 is 0. The van der Waals surface area contributed by atoms with Gasteiger partial charge in [0.1, 0.15) is 11.5 Å². The highest BCUT2D eigenvalue weighted by Crippen LogP contribution is 2.11. The molecule has 4 N–H and O–H groups in total. The maximum absolute atomic E-state index is 11.8. The Labute approximate surface area is 149 Å². The van der Waals surface area contributed by atoms with Crippen LogP contribution in [0.3, 0.4) is 0 Å². The number of carbonyl (C=O) groups is 2. The van der Waals surface area contributed by atoms with E-state index in [1.807, 2.05) is 0 Å². The minimum atomic E-state index is -0.967. The first-order chi connectivity index (χ1) is 12.4. The summed E-state index contributed by atoms with van der Waals surface area (Å²) in [4.78, 5) is 23.5. The first-order valence-corrected chi connectivity index (χ1v) is 7.64. The van der Waals surface area contributed by atoms with Gasteiger partial charge < -0.3 is 10.2 Å². The van der Waals surface area contributed by atoms with Gasteiger partial charge in [0.2, 0.25) is 0 Å². The second-order valence-electron chi connectivity index (χ2n) is 5.37. The van der Waals surface area contributed by atoms with Crippen LogP contribution < -0.4 is 10.9 Å². The number of hydrazone groups is 2. The van der Waals surface area contributed by atoms with Crippen LogP contribution in [0.5, 0.6) is 11.5 Å². The van der Waals surface area contributed by atoms with E-state index in [0.29, 0.717) is 22.6 Å². The fourth-order valence-corrected chi connectivity index (χ4v) is 1.91. The van der Waals surface area contributed by atoms with Crippen LogP contribution in [0.15, 0.2) is 58.7 Å². The van der Waals surface area contributed by atoms with Crippen LogP contribution in [0, 0.1) is 0 Å². The molecule has 0 unspecified atom stereocenters. The zero-order valence-corrected chi connectivity index (χ0v) is 14.2. The van der Waals surface area contributed by atoms with Crippen molar-refractivity contribution in [2.45, 2.75) is 13.8 Å². The van der Waals surface area contributed by atoms with Gasteiger partial charge in [0.05, 0.1) is 11.4 Å². The Bertz CT molecular complexity index is 782.